The minimum atomic E-state index is -2.87. The summed E-state index contributed by atoms with van der Waals surface area (Å²) >= 11 is 0. The second-order valence-corrected chi connectivity index (χ2v) is 8.22. The van der Waals surface area contributed by atoms with E-state index in [1.54, 1.807) is 7.11 Å². The number of sulfone groups is 1. The summed E-state index contributed by atoms with van der Waals surface area (Å²) in [6.07, 6.45) is 1.30. The average Bonchev–Trinajstić information content (AvgIpc) is 2.52. The van der Waals surface area contributed by atoms with Crippen LogP contribution in [0.15, 0.2) is 24.3 Å². The highest BCUT2D eigenvalue weighted by Gasteiger charge is 2.22. The highest BCUT2D eigenvalue weighted by Crippen LogP contribution is 2.24. The molecule has 0 aliphatic carbocycles. The van der Waals surface area contributed by atoms with Gasteiger partial charge in [0.25, 0.3) is 0 Å². The molecule has 1 saturated heterocycles. The molecule has 5 nitrogen and oxygen atoms in total. The fraction of sp³-hybridized carbons (Fsp3) is 0.625. The van der Waals surface area contributed by atoms with Crippen LogP contribution in [0.1, 0.15) is 18.5 Å². The minimum Gasteiger partial charge on any atom is -0.497 e. The molecule has 1 fully saturated rings. The second-order valence-electron chi connectivity index (χ2n) is 5.96. The number of methoxy groups -OCH3 is 1. The molecule has 2 rings (SSSR count). The minimum absolute atomic E-state index is 0.248. The van der Waals surface area contributed by atoms with Crippen molar-refractivity contribution in [1.29, 1.82) is 0 Å². The number of rotatable bonds is 6. The number of ether oxygens (including phenoxy) is 1. The molecule has 124 valence electrons. The fourth-order valence-electron chi connectivity index (χ4n) is 2.78. The van der Waals surface area contributed by atoms with Gasteiger partial charge in [-0.25, -0.2) is 8.42 Å². The molecule has 0 unspecified atom stereocenters. The Hall–Kier alpha value is -1.11. The van der Waals surface area contributed by atoms with Crippen molar-refractivity contribution in [3.63, 3.8) is 0 Å². The maximum absolute atomic E-state index is 11.2. The third kappa shape index (κ3) is 4.97. The molecule has 0 saturated carbocycles. The molecule has 0 N–H and O–H groups in total. The van der Waals surface area contributed by atoms with Crippen molar-refractivity contribution >= 4 is 9.84 Å². The molecule has 0 bridgehead atoms. The Kier molecular flexibility index (Phi) is 5.83. The molecule has 1 aromatic carbocycles. The van der Waals surface area contributed by atoms with Gasteiger partial charge in [0.05, 0.1) is 12.9 Å². The monoisotopic (exact) mass is 326 g/mol. The van der Waals surface area contributed by atoms with Gasteiger partial charge in [0.2, 0.25) is 0 Å². The summed E-state index contributed by atoms with van der Waals surface area (Å²) in [7, 11) is -1.19. The van der Waals surface area contributed by atoms with E-state index in [2.05, 4.69) is 28.9 Å². The average molecular weight is 326 g/mol. The van der Waals surface area contributed by atoms with Gasteiger partial charge in [-0.3, -0.25) is 9.80 Å². The van der Waals surface area contributed by atoms with Gasteiger partial charge in [0.15, 0.2) is 0 Å². The summed E-state index contributed by atoms with van der Waals surface area (Å²) in [5.41, 5.74) is 1.25. The first-order chi connectivity index (χ1) is 10.4. The van der Waals surface area contributed by atoms with Crippen LogP contribution in [0.5, 0.6) is 5.75 Å². The van der Waals surface area contributed by atoms with Gasteiger partial charge in [-0.15, -0.1) is 0 Å². The lowest BCUT2D eigenvalue weighted by molar-refractivity contribution is 0.106. The Labute approximate surface area is 133 Å². The Morgan fingerprint density at radius 3 is 2.50 bits per heavy atom. The standard InChI is InChI=1S/C16H26N2O3S/c1-14(15-5-4-6-16(13-15)21-2)18-9-7-17(8-10-18)11-12-22(3,19)20/h4-6,13-14H,7-12H2,1-3H3/t14-/m0/s1. The molecule has 0 spiro atoms. The zero-order valence-electron chi connectivity index (χ0n) is 13.7. The zero-order chi connectivity index (χ0) is 16.2. The fourth-order valence-corrected chi connectivity index (χ4v) is 3.37. The molecule has 1 atom stereocenters. The van der Waals surface area contributed by atoms with Crippen molar-refractivity contribution in [3.05, 3.63) is 29.8 Å². The normalized spacial score (nSPS) is 19.0. The lowest BCUT2D eigenvalue weighted by Crippen LogP contribution is -2.48. The Morgan fingerprint density at radius 2 is 1.91 bits per heavy atom. The van der Waals surface area contributed by atoms with Crippen LogP contribution < -0.4 is 4.74 Å². The Morgan fingerprint density at radius 1 is 1.23 bits per heavy atom. The lowest BCUT2D eigenvalue weighted by atomic mass is 10.1. The SMILES string of the molecule is COc1cccc([C@H](C)N2CCN(CCS(C)(=O)=O)CC2)c1. The smallest absolute Gasteiger partial charge is 0.148 e. The van der Waals surface area contributed by atoms with E-state index in [4.69, 9.17) is 4.74 Å². The summed E-state index contributed by atoms with van der Waals surface area (Å²) in [5.74, 6) is 1.13. The van der Waals surface area contributed by atoms with Crippen molar-refractivity contribution in [2.75, 3.05) is 51.8 Å². The van der Waals surface area contributed by atoms with Crippen molar-refractivity contribution in [2.24, 2.45) is 0 Å². The maximum atomic E-state index is 11.2. The van der Waals surface area contributed by atoms with E-state index in [1.165, 1.54) is 11.8 Å². The third-order valence-corrected chi connectivity index (χ3v) is 5.23. The van der Waals surface area contributed by atoms with E-state index in [1.807, 2.05) is 12.1 Å². The Balaban J connectivity index is 1.88. The summed E-state index contributed by atoms with van der Waals surface area (Å²) < 4.78 is 27.8. The number of piperazine rings is 1. The largest absolute Gasteiger partial charge is 0.497 e. The quantitative estimate of drug-likeness (QED) is 0.791. The van der Waals surface area contributed by atoms with Gasteiger partial charge < -0.3 is 4.74 Å². The van der Waals surface area contributed by atoms with Crippen LogP contribution in [-0.4, -0.2) is 70.1 Å². The summed E-state index contributed by atoms with van der Waals surface area (Å²) in [5, 5.41) is 0. The molecular weight excluding hydrogens is 300 g/mol. The molecule has 22 heavy (non-hydrogen) atoms. The van der Waals surface area contributed by atoms with E-state index >= 15 is 0 Å². The molecule has 1 heterocycles. The van der Waals surface area contributed by atoms with Crippen LogP contribution in [-0.2, 0) is 9.84 Å². The zero-order valence-corrected chi connectivity index (χ0v) is 14.5. The predicted molar refractivity (Wildman–Crippen MR) is 89.1 cm³/mol. The highest BCUT2D eigenvalue weighted by atomic mass is 32.2. The number of benzene rings is 1. The molecule has 1 aliphatic heterocycles. The summed E-state index contributed by atoms with van der Waals surface area (Å²) in [6.45, 7) is 6.61. The molecular formula is C16H26N2O3S. The summed E-state index contributed by atoms with van der Waals surface area (Å²) in [4.78, 5) is 4.67. The lowest BCUT2D eigenvalue weighted by Gasteiger charge is -2.38. The Bertz CT molecular complexity index is 581. The molecule has 0 radical (unpaired) electrons. The van der Waals surface area contributed by atoms with Gasteiger partial charge >= 0.3 is 0 Å². The molecule has 1 aliphatic rings. The number of hydrogen-bond donors (Lipinski definition) is 0. The maximum Gasteiger partial charge on any atom is 0.148 e. The molecule has 0 aromatic heterocycles. The van der Waals surface area contributed by atoms with E-state index in [9.17, 15) is 8.42 Å². The van der Waals surface area contributed by atoms with Gasteiger partial charge in [-0.05, 0) is 24.6 Å². The van der Waals surface area contributed by atoms with Crippen LogP contribution in [0.25, 0.3) is 0 Å². The van der Waals surface area contributed by atoms with E-state index in [-0.39, 0.29) is 5.75 Å². The van der Waals surface area contributed by atoms with Crippen molar-refractivity contribution in [2.45, 2.75) is 13.0 Å². The number of hydrogen-bond acceptors (Lipinski definition) is 5. The number of nitrogens with zero attached hydrogens (tertiary/aromatic N) is 2. The van der Waals surface area contributed by atoms with Crippen LogP contribution in [0.4, 0.5) is 0 Å². The highest BCUT2D eigenvalue weighted by molar-refractivity contribution is 7.90. The van der Waals surface area contributed by atoms with Crippen LogP contribution in [0, 0.1) is 0 Å². The van der Waals surface area contributed by atoms with Crippen molar-refractivity contribution < 1.29 is 13.2 Å². The first-order valence-corrected chi connectivity index (χ1v) is 9.73. The van der Waals surface area contributed by atoms with Crippen LogP contribution in [0.2, 0.25) is 0 Å². The van der Waals surface area contributed by atoms with Crippen LogP contribution in [0.3, 0.4) is 0 Å². The van der Waals surface area contributed by atoms with Crippen molar-refractivity contribution in [1.82, 2.24) is 9.80 Å². The van der Waals surface area contributed by atoms with Gasteiger partial charge in [-0.2, -0.15) is 0 Å². The van der Waals surface area contributed by atoms with Gasteiger partial charge in [0.1, 0.15) is 15.6 Å². The first kappa shape index (κ1) is 17.2. The molecule has 0 amide bonds. The van der Waals surface area contributed by atoms with Crippen molar-refractivity contribution in [3.8, 4) is 5.75 Å². The van der Waals surface area contributed by atoms with E-state index in [0.29, 0.717) is 12.6 Å². The van der Waals surface area contributed by atoms with E-state index in [0.717, 1.165) is 31.9 Å². The second kappa shape index (κ2) is 7.44. The molecule has 6 heteroatoms. The predicted octanol–water partition coefficient (Wildman–Crippen LogP) is 1.42. The van der Waals surface area contributed by atoms with E-state index < -0.39 is 9.84 Å². The topological polar surface area (TPSA) is 49.9 Å². The molecule has 1 aromatic rings. The van der Waals surface area contributed by atoms with Gasteiger partial charge in [-0.1, -0.05) is 12.1 Å². The van der Waals surface area contributed by atoms with Crippen LogP contribution >= 0.6 is 0 Å². The summed E-state index contributed by atoms with van der Waals surface area (Å²) in [6, 6.07) is 8.53. The first-order valence-electron chi connectivity index (χ1n) is 7.67. The van der Waals surface area contributed by atoms with Gasteiger partial charge in [0, 0.05) is 45.0 Å². The third-order valence-electron chi connectivity index (χ3n) is 4.31.